The van der Waals surface area contributed by atoms with Crippen LogP contribution in [0.4, 0.5) is 0 Å². The third kappa shape index (κ3) is 1.00. The van der Waals surface area contributed by atoms with Crippen molar-refractivity contribution in [2.24, 2.45) is 5.92 Å². The Morgan fingerprint density at radius 2 is 1.93 bits per heavy atom. The summed E-state index contributed by atoms with van der Waals surface area (Å²) >= 11 is 0. The minimum absolute atomic E-state index is 0.364. The zero-order valence-electron chi connectivity index (χ0n) is 8.40. The summed E-state index contributed by atoms with van der Waals surface area (Å²) in [6.45, 7) is 2.14. The molecule has 1 saturated carbocycles. The van der Waals surface area contributed by atoms with E-state index in [2.05, 4.69) is 55.5 Å². The third-order valence-corrected chi connectivity index (χ3v) is 3.50. The molecule has 2 unspecified atom stereocenters. The van der Waals surface area contributed by atoms with Gasteiger partial charge in [-0.1, -0.05) is 54.1 Å². The number of allylic oxidation sites excluding steroid dienone is 4. The lowest BCUT2D eigenvalue weighted by molar-refractivity contribution is 0.817. The zero-order valence-corrected chi connectivity index (χ0v) is 8.40. The SMILES string of the molecule is Cc1ccc(C23C=CC=CC2C3)cc1. The van der Waals surface area contributed by atoms with Crippen LogP contribution in [0, 0.1) is 12.8 Å². The Morgan fingerprint density at radius 1 is 1.14 bits per heavy atom. The van der Waals surface area contributed by atoms with E-state index in [4.69, 9.17) is 0 Å². The Labute approximate surface area is 85.0 Å². The molecule has 2 aliphatic rings. The maximum absolute atomic E-state index is 2.36. The second-order valence-corrected chi connectivity index (χ2v) is 4.46. The van der Waals surface area contributed by atoms with E-state index in [1.807, 2.05) is 0 Å². The Hall–Kier alpha value is -1.30. The van der Waals surface area contributed by atoms with Gasteiger partial charge in [0.2, 0.25) is 0 Å². The molecule has 14 heavy (non-hydrogen) atoms. The van der Waals surface area contributed by atoms with Gasteiger partial charge in [-0.15, -0.1) is 0 Å². The topological polar surface area (TPSA) is 0 Å². The standard InChI is InChI=1S/C14H14/c1-11-5-7-12(8-6-11)14-9-3-2-4-13(14)10-14/h2-9,13H,10H2,1H3. The lowest BCUT2D eigenvalue weighted by Crippen LogP contribution is -2.07. The molecule has 1 aromatic rings. The van der Waals surface area contributed by atoms with E-state index in [1.165, 1.54) is 17.5 Å². The van der Waals surface area contributed by atoms with Crippen LogP contribution in [-0.4, -0.2) is 0 Å². The first-order valence-electron chi connectivity index (χ1n) is 5.24. The number of benzene rings is 1. The predicted molar refractivity (Wildman–Crippen MR) is 59.2 cm³/mol. The molecule has 0 aromatic heterocycles. The fourth-order valence-electron chi connectivity index (χ4n) is 2.45. The maximum Gasteiger partial charge on any atom is 0.0204 e. The second kappa shape index (κ2) is 2.60. The number of hydrogen-bond donors (Lipinski definition) is 0. The highest BCUT2D eigenvalue weighted by Crippen LogP contribution is 2.57. The smallest absolute Gasteiger partial charge is 0.0204 e. The molecule has 0 spiro atoms. The Kier molecular flexibility index (Phi) is 1.49. The molecule has 0 saturated heterocycles. The normalized spacial score (nSPS) is 32.8. The van der Waals surface area contributed by atoms with Gasteiger partial charge in [0.1, 0.15) is 0 Å². The van der Waals surface area contributed by atoms with Gasteiger partial charge in [-0.25, -0.2) is 0 Å². The van der Waals surface area contributed by atoms with Crippen LogP contribution in [0.3, 0.4) is 0 Å². The summed E-state index contributed by atoms with van der Waals surface area (Å²) in [5, 5.41) is 0. The van der Waals surface area contributed by atoms with Gasteiger partial charge in [0.05, 0.1) is 0 Å². The summed E-state index contributed by atoms with van der Waals surface area (Å²) in [7, 11) is 0. The third-order valence-electron chi connectivity index (χ3n) is 3.50. The van der Waals surface area contributed by atoms with Crippen LogP contribution in [0.1, 0.15) is 17.5 Å². The molecule has 2 atom stereocenters. The molecule has 3 rings (SSSR count). The summed E-state index contributed by atoms with van der Waals surface area (Å²) in [5.41, 5.74) is 3.19. The Balaban J connectivity index is 2.01. The first kappa shape index (κ1) is 8.05. The summed E-state index contributed by atoms with van der Waals surface area (Å²) in [5.74, 6) is 0.759. The van der Waals surface area contributed by atoms with Crippen LogP contribution >= 0.6 is 0 Å². The average molecular weight is 182 g/mol. The van der Waals surface area contributed by atoms with Gasteiger partial charge in [-0.05, 0) is 24.8 Å². The van der Waals surface area contributed by atoms with Gasteiger partial charge in [-0.2, -0.15) is 0 Å². The fraction of sp³-hybridized carbons (Fsp3) is 0.286. The van der Waals surface area contributed by atoms with Crippen molar-refractivity contribution in [3.63, 3.8) is 0 Å². The van der Waals surface area contributed by atoms with Crippen LogP contribution in [0.2, 0.25) is 0 Å². The van der Waals surface area contributed by atoms with Crippen molar-refractivity contribution < 1.29 is 0 Å². The van der Waals surface area contributed by atoms with Gasteiger partial charge in [0.15, 0.2) is 0 Å². The molecular weight excluding hydrogens is 168 g/mol. The van der Waals surface area contributed by atoms with Crippen LogP contribution in [-0.2, 0) is 5.41 Å². The molecule has 0 amide bonds. The Morgan fingerprint density at radius 3 is 2.64 bits per heavy atom. The highest BCUT2D eigenvalue weighted by Gasteiger charge is 2.52. The zero-order chi connectivity index (χ0) is 9.60. The lowest BCUT2D eigenvalue weighted by Gasteiger charge is -2.14. The summed E-state index contributed by atoms with van der Waals surface area (Å²) in [6, 6.07) is 8.98. The molecule has 2 aliphatic carbocycles. The van der Waals surface area contributed by atoms with Crippen molar-refractivity contribution in [3.05, 3.63) is 59.7 Å². The van der Waals surface area contributed by atoms with Crippen molar-refractivity contribution >= 4 is 0 Å². The quantitative estimate of drug-likeness (QED) is 0.624. The van der Waals surface area contributed by atoms with E-state index in [0.29, 0.717) is 5.41 Å². The van der Waals surface area contributed by atoms with Gasteiger partial charge in [-0.3, -0.25) is 0 Å². The first-order valence-corrected chi connectivity index (χ1v) is 5.24. The second-order valence-electron chi connectivity index (χ2n) is 4.46. The number of hydrogen-bond acceptors (Lipinski definition) is 0. The summed E-state index contributed by atoms with van der Waals surface area (Å²) in [6.07, 6.45) is 10.3. The van der Waals surface area contributed by atoms with E-state index in [9.17, 15) is 0 Å². The highest BCUT2D eigenvalue weighted by molar-refractivity contribution is 5.46. The largest absolute Gasteiger partial charge is 0.0802 e. The predicted octanol–water partition coefficient (Wildman–Crippen LogP) is 3.38. The fourth-order valence-corrected chi connectivity index (χ4v) is 2.45. The van der Waals surface area contributed by atoms with Gasteiger partial charge in [0, 0.05) is 5.41 Å². The molecule has 1 fully saturated rings. The van der Waals surface area contributed by atoms with Crippen LogP contribution in [0.25, 0.3) is 0 Å². The highest BCUT2D eigenvalue weighted by atomic mass is 14.5. The van der Waals surface area contributed by atoms with Gasteiger partial charge >= 0.3 is 0 Å². The summed E-state index contributed by atoms with van der Waals surface area (Å²) < 4.78 is 0. The molecule has 0 radical (unpaired) electrons. The molecule has 0 N–H and O–H groups in total. The molecule has 0 aliphatic heterocycles. The van der Waals surface area contributed by atoms with Gasteiger partial charge < -0.3 is 0 Å². The maximum atomic E-state index is 2.36. The number of aryl methyl sites for hydroxylation is 1. The molecule has 0 heteroatoms. The molecule has 0 nitrogen and oxygen atoms in total. The van der Waals surface area contributed by atoms with Crippen molar-refractivity contribution in [1.29, 1.82) is 0 Å². The molecular formula is C14H14. The van der Waals surface area contributed by atoms with Crippen LogP contribution < -0.4 is 0 Å². The first-order chi connectivity index (χ1) is 6.81. The molecule has 0 heterocycles. The lowest BCUT2D eigenvalue weighted by atomic mass is 9.90. The minimum Gasteiger partial charge on any atom is -0.0802 e. The van der Waals surface area contributed by atoms with Crippen molar-refractivity contribution in [3.8, 4) is 0 Å². The van der Waals surface area contributed by atoms with Crippen molar-refractivity contribution in [1.82, 2.24) is 0 Å². The number of fused-ring (bicyclic) bond motifs is 1. The van der Waals surface area contributed by atoms with E-state index in [0.717, 1.165) is 5.92 Å². The average Bonchev–Trinajstić information content (AvgIpc) is 2.94. The monoisotopic (exact) mass is 182 g/mol. The van der Waals surface area contributed by atoms with Crippen LogP contribution in [0.5, 0.6) is 0 Å². The summed E-state index contributed by atoms with van der Waals surface area (Å²) in [4.78, 5) is 0. The van der Waals surface area contributed by atoms with Crippen molar-refractivity contribution in [2.75, 3.05) is 0 Å². The number of rotatable bonds is 1. The van der Waals surface area contributed by atoms with E-state index in [-0.39, 0.29) is 0 Å². The Bertz CT molecular complexity index is 408. The van der Waals surface area contributed by atoms with E-state index >= 15 is 0 Å². The van der Waals surface area contributed by atoms with Gasteiger partial charge in [0.25, 0.3) is 0 Å². The molecule has 70 valence electrons. The molecule has 0 bridgehead atoms. The van der Waals surface area contributed by atoms with Crippen LogP contribution in [0.15, 0.2) is 48.6 Å². The van der Waals surface area contributed by atoms with Crippen molar-refractivity contribution in [2.45, 2.75) is 18.8 Å². The van der Waals surface area contributed by atoms with E-state index < -0.39 is 0 Å². The molecule has 1 aromatic carbocycles. The minimum atomic E-state index is 0.364. The van der Waals surface area contributed by atoms with E-state index in [1.54, 1.807) is 0 Å².